The van der Waals surface area contributed by atoms with E-state index in [2.05, 4.69) is 5.32 Å². The van der Waals surface area contributed by atoms with Crippen molar-refractivity contribution in [2.75, 3.05) is 20.3 Å². The van der Waals surface area contributed by atoms with Gasteiger partial charge in [0.2, 0.25) is 5.91 Å². The van der Waals surface area contributed by atoms with Crippen LogP contribution in [0.25, 0.3) is 0 Å². The molecule has 0 bridgehead atoms. The predicted molar refractivity (Wildman–Crippen MR) is 57.5 cm³/mol. The minimum atomic E-state index is 0.0930. The van der Waals surface area contributed by atoms with E-state index in [9.17, 15) is 4.79 Å². The Bertz CT molecular complexity index is 259. The molecule has 0 spiro atoms. The summed E-state index contributed by atoms with van der Waals surface area (Å²) in [5.41, 5.74) is 0. The van der Waals surface area contributed by atoms with Crippen LogP contribution in [-0.4, -0.2) is 26.2 Å². The van der Waals surface area contributed by atoms with Crippen molar-refractivity contribution in [2.45, 2.75) is 12.8 Å². The Morgan fingerprint density at radius 2 is 2.50 bits per heavy atom. The van der Waals surface area contributed by atoms with E-state index < -0.39 is 0 Å². The van der Waals surface area contributed by atoms with Gasteiger partial charge in [-0.15, -0.1) is 11.3 Å². The Balaban J connectivity index is 2.09. The lowest BCUT2D eigenvalue weighted by Gasteiger charge is -2.02. The third-order valence-corrected chi connectivity index (χ3v) is 2.74. The van der Waals surface area contributed by atoms with E-state index in [0.717, 1.165) is 6.42 Å². The van der Waals surface area contributed by atoms with E-state index in [1.54, 1.807) is 18.4 Å². The van der Waals surface area contributed by atoms with Gasteiger partial charge in [0.15, 0.2) is 0 Å². The fourth-order valence-corrected chi connectivity index (χ4v) is 1.78. The molecule has 1 aromatic rings. The van der Waals surface area contributed by atoms with Gasteiger partial charge in [0, 0.05) is 25.0 Å². The summed E-state index contributed by atoms with van der Waals surface area (Å²) >= 11 is 1.69. The van der Waals surface area contributed by atoms with Crippen molar-refractivity contribution in [1.82, 2.24) is 5.32 Å². The van der Waals surface area contributed by atoms with Gasteiger partial charge in [-0.25, -0.2) is 0 Å². The summed E-state index contributed by atoms with van der Waals surface area (Å²) in [4.78, 5) is 12.5. The molecule has 1 aromatic heterocycles. The fourth-order valence-electron chi connectivity index (χ4n) is 1.07. The average Bonchev–Trinajstić information content (AvgIpc) is 2.68. The summed E-state index contributed by atoms with van der Waals surface area (Å²) in [6, 6.07) is 4.05. The molecule has 0 aliphatic carbocycles. The highest BCUT2D eigenvalue weighted by molar-refractivity contribution is 7.09. The summed E-state index contributed by atoms with van der Waals surface area (Å²) in [5.74, 6) is 0.0930. The maximum Gasteiger partial charge on any atom is 0.220 e. The second-order valence-corrected chi connectivity index (χ2v) is 3.95. The van der Waals surface area contributed by atoms with Gasteiger partial charge < -0.3 is 10.1 Å². The first-order valence-corrected chi connectivity index (χ1v) is 5.49. The highest BCUT2D eigenvalue weighted by atomic mass is 32.1. The molecule has 1 rings (SSSR count). The quantitative estimate of drug-likeness (QED) is 0.726. The number of methoxy groups -OCH3 is 1. The molecule has 0 aliphatic rings. The molecule has 78 valence electrons. The van der Waals surface area contributed by atoms with E-state index >= 15 is 0 Å². The monoisotopic (exact) mass is 213 g/mol. The molecule has 0 unspecified atom stereocenters. The summed E-state index contributed by atoms with van der Waals surface area (Å²) in [7, 11) is 1.62. The molecular weight excluding hydrogens is 198 g/mol. The van der Waals surface area contributed by atoms with Crippen molar-refractivity contribution in [1.29, 1.82) is 0 Å². The van der Waals surface area contributed by atoms with Crippen LogP contribution in [0.3, 0.4) is 0 Å². The molecule has 1 heterocycles. The summed E-state index contributed by atoms with van der Waals surface area (Å²) in [6.07, 6.45) is 1.39. The molecule has 0 aliphatic heterocycles. The van der Waals surface area contributed by atoms with E-state index in [0.29, 0.717) is 19.6 Å². The van der Waals surface area contributed by atoms with Crippen LogP contribution in [0.15, 0.2) is 17.5 Å². The Labute approximate surface area is 88.1 Å². The van der Waals surface area contributed by atoms with Gasteiger partial charge in [0.1, 0.15) is 0 Å². The van der Waals surface area contributed by atoms with Gasteiger partial charge in [-0.3, -0.25) is 4.79 Å². The molecule has 0 saturated carbocycles. The summed E-state index contributed by atoms with van der Waals surface area (Å²) < 4.78 is 4.83. The first kappa shape index (κ1) is 11.2. The van der Waals surface area contributed by atoms with Crippen LogP contribution in [0.5, 0.6) is 0 Å². The number of amides is 1. The zero-order valence-corrected chi connectivity index (χ0v) is 9.10. The maximum atomic E-state index is 11.3. The zero-order valence-electron chi connectivity index (χ0n) is 8.29. The van der Waals surface area contributed by atoms with E-state index in [1.165, 1.54) is 4.88 Å². The third kappa shape index (κ3) is 4.39. The summed E-state index contributed by atoms with van der Waals surface area (Å²) in [6.45, 7) is 1.17. The normalized spacial score (nSPS) is 10.1. The number of carbonyl (C=O) groups excluding carboxylic acids is 1. The zero-order chi connectivity index (χ0) is 10.2. The van der Waals surface area contributed by atoms with Crippen LogP contribution in [0.1, 0.15) is 11.3 Å². The Hall–Kier alpha value is -0.870. The molecule has 0 saturated heterocycles. The topological polar surface area (TPSA) is 38.3 Å². The van der Waals surface area contributed by atoms with Crippen LogP contribution in [-0.2, 0) is 16.0 Å². The van der Waals surface area contributed by atoms with Crippen LogP contribution >= 0.6 is 11.3 Å². The highest BCUT2D eigenvalue weighted by Gasteiger charge is 2.01. The lowest BCUT2D eigenvalue weighted by molar-refractivity contribution is -0.121. The van der Waals surface area contributed by atoms with Crippen molar-refractivity contribution in [3.05, 3.63) is 22.4 Å². The SMILES string of the molecule is COCCNC(=O)CCc1cccs1. The summed E-state index contributed by atoms with van der Waals surface area (Å²) in [5, 5.41) is 4.81. The van der Waals surface area contributed by atoms with E-state index in [4.69, 9.17) is 4.74 Å². The maximum absolute atomic E-state index is 11.3. The van der Waals surface area contributed by atoms with Gasteiger partial charge in [-0.1, -0.05) is 6.07 Å². The Kier molecular flexibility index (Phi) is 5.25. The largest absolute Gasteiger partial charge is 0.383 e. The number of hydrogen-bond donors (Lipinski definition) is 1. The number of thiophene rings is 1. The fraction of sp³-hybridized carbons (Fsp3) is 0.500. The van der Waals surface area contributed by atoms with E-state index in [-0.39, 0.29) is 5.91 Å². The second kappa shape index (κ2) is 6.56. The standard InChI is InChI=1S/C10H15NO2S/c1-13-7-6-11-10(12)5-4-9-3-2-8-14-9/h2-3,8H,4-7H2,1H3,(H,11,12). The van der Waals surface area contributed by atoms with Crippen LogP contribution < -0.4 is 5.32 Å². The molecule has 0 aromatic carbocycles. The second-order valence-electron chi connectivity index (χ2n) is 2.92. The van der Waals surface area contributed by atoms with Gasteiger partial charge in [-0.05, 0) is 17.9 Å². The van der Waals surface area contributed by atoms with Crippen molar-refractivity contribution < 1.29 is 9.53 Å². The number of nitrogens with one attached hydrogen (secondary N) is 1. The molecule has 1 N–H and O–H groups in total. The minimum absolute atomic E-state index is 0.0930. The van der Waals surface area contributed by atoms with Gasteiger partial charge in [0.05, 0.1) is 6.61 Å². The first-order chi connectivity index (χ1) is 6.83. The Morgan fingerprint density at radius 1 is 1.64 bits per heavy atom. The highest BCUT2D eigenvalue weighted by Crippen LogP contribution is 2.10. The molecule has 1 amide bonds. The van der Waals surface area contributed by atoms with Crippen LogP contribution in [0, 0.1) is 0 Å². The molecule has 0 radical (unpaired) electrons. The predicted octanol–water partition coefficient (Wildman–Crippen LogP) is 1.44. The van der Waals surface area contributed by atoms with Crippen LogP contribution in [0.4, 0.5) is 0 Å². The molecule has 0 fully saturated rings. The van der Waals surface area contributed by atoms with Crippen molar-refractivity contribution >= 4 is 17.2 Å². The molecule has 0 atom stereocenters. The molecular formula is C10H15NO2S. The number of ether oxygens (including phenoxy) is 1. The number of carbonyl (C=O) groups is 1. The third-order valence-electron chi connectivity index (χ3n) is 1.81. The molecule has 14 heavy (non-hydrogen) atoms. The number of aryl methyl sites for hydroxylation is 1. The lowest BCUT2D eigenvalue weighted by Crippen LogP contribution is -2.26. The number of rotatable bonds is 6. The molecule has 4 heteroatoms. The van der Waals surface area contributed by atoms with Crippen LogP contribution in [0.2, 0.25) is 0 Å². The van der Waals surface area contributed by atoms with Crippen molar-refractivity contribution in [3.8, 4) is 0 Å². The minimum Gasteiger partial charge on any atom is -0.383 e. The van der Waals surface area contributed by atoms with Gasteiger partial charge in [-0.2, -0.15) is 0 Å². The van der Waals surface area contributed by atoms with Crippen molar-refractivity contribution in [3.63, 3.8) is 0 Å². The van der Waals surface area contributed by atoms with E-state index in [1.807, 2.05) is 17.5 Å². The first-order valence-electron chi connectivity index (χ1n) is 4.61. The molecule has 3 nitrogen and oxygen atoms in total. The van der Waals surface area contributed by atoms with Gasteiger partial charge in [0.25, 0.3) is 0 Å². The van der Waals surface area contributed by atoms with Gasteiger partial charge >= 0.3 is 0 Å². The Morgan fingerprint density at radius 3 is 3.14 bits per heavy atom. The smallest absolute Gasteiger partial charge is 0.220 e. The lowest BCUT2D eigenvalue weighted by atomic mass is 10.2. The van der Waals surface area contributed by atoms with Crippen molar-refractivity contribution in [2.24, 2.45) is 0 Å². The average molecular weight is 213 g/mol. The number of hydrogen-bond acceptors (Lipinski definition) is 3.